The number of hydrogen-bond acceptors (Lipinski definition) is 6. The molecule has 1 aliphatic carbocycles. The molecule has 0 unspecified atom stereocenters. The SMILES string of the molecule is CC(C)NC(=O)N[C@H]1C[C@H]2CN(S(=O)(=O)c3cccnc3)[C@@H](CNC(=O)C3CC3)C(=O)N2C1. The molecule has 3 heterocycles. The van der Waals surface area contributed by atoms with E-state index in [1.165, 1.54) is 28.8 Å². The summed E-state index contributed by atoms with van der Waals surface area (Å²) in [7, 11) is -4.02. The second-order valence-electron chi connectivity index (χ2n) is 9.15. The molecule has 4 amide bonds. The minimum atomic E-state index is -4.02. The summed E-state index contributed by atoms with van der Waals surface area (Å²) in [4.78, 5) is 43.3. The first-order valence-corrected chi connectivity index (χ1v) is 12.7. The molecular formula is C21H30N6O5S. The minimum absolute atomic E-state index is 0.00578. The topological polar surface area (TPSA) is 141 Å². The van der Waals surface area contributed by atoms with Gasteiger partial charge in [-0.05, 0) is 45.2 Å². The molecule has 180 valence electrons. The molecule has 1 saturated carbocycles. The van der Waals surface area contributed by atoms with Gasteiger partial charge >= 0.3 is 6.03 Å². The lowest BCUT2D eigenvalue weighted by molar-refractivity contribution is -0.140. The van der Waals surface area contributed by atoms with Gasteiger partial charge in [-0.3, -0.25) is 14.6 Å². The molecule has 3 atom stereocenters. The quantitative estimate of drug-likeness (QED) is 0.490. The molecule has 2 aliphatic heterocycles. The zero-order valence-corrected chi connectivity index (χ0v) is 19.5. The second-order valence-corrected chi connectivity index (χ2v) is 11.0. The Hall–Kier alpha value is -2.73. The van der Waals surface area contributed by atoms with Crippen molar-refractivity contribution in [2.24, 2.45) is 5.92 Å². The van der Waals surface area contributed by atoms with Crippen LogP contribution in [0.15, 0.2) is 29.4 Å². The molecule has 0 radical (unpaired) electrons. The summed E-state index contributed by atoms with van der Waals surface area (Å²) in [6.07, 6.45) is 4.79. The van der Waals surface area contributed by atoms with Crippen LogP contribution in [0.2, 0.25) is 0 Å². The summed E-state index contributed by atoms with van der Waals surface area (Å²) in [5.74, 6) is -0.585. The van der Waals surface area contributed by atoms with E-state index in [1.807, 2.05) is 13.8 Å². The smallest absolute Gasteiger partial charge is 0.315 e. The number of aromatic nitrogens is 1. The first kappa shape index (κ1) is 23.4. The Morgan fingerprint density at radius 3 is 2.64 bits per heavy atom. The Balaban J connectivity index is 1.54. The van der Waals surface area contributed by atoms with Crippen LogP contribution in [0.3, 0.4) is 0 Å². The summed E-state index contributed by atoms with van der Waals surface area (Å²) in [5.41, 5.74) is 0. The van der Waals surface area contributed by atoms with Crippen molar-refractivity contribution in [1.29, 1.82) is 0 Å². The van der Waals surface area contributed by atoms with Crippen LogP contribution in [-0.2, 0) is 19.6 Å². The molecule has 2 saturated heterocycles. The van der Waals surface area contributed by atoms with Gasteiger partial charge in [-0.2, -0.15) is 4.31 Å². The average molecular weight is 479 g/mol. The number of hydrogen-bond donors (Lipinski definition) is 3. The minimum Gasteiger partial charge on any atom is -0.354 e. The molecular weight excluding hydrogens is 448 g/mol. The lowest BCUT2D eigenvalue weighted by Gasteiger charge is -2.41. The van der Waals surface area contributed by atoms with E-state index in [-0.39, 0.29) is 59.9 Å². The number of urea groups is 1. The Labute approximate surface area is 193 Å². The number of nitrogens with one attached hydrogen (secondary N) is 3. The first-order chi connectivity index (χ1) is 15.7. The van der Waals surface area contributed by atoms with Gasteiger partial charge in [-0.1, -0.05) is 0 Å². The van der Waals surface area contributed by atoms with Gasteiger partial charge in [0.05, 0.1) is 6.04 Å². The van der Waals surface area contributed by atoms with Crippen molar-refractivity contribution >= 4 is 27.9 Å². The monoisotopic (exact) mass is 478 g/mol. The Morgan fingerprint density at radius 1 is 1.24 bits per heavy atom. The summed E-state index contributed by atoms with van der Waals surface area (Å²) in [5, 5.41) is 8.38. The van der Waals surface area contributed by atoms with Gasteiger partial charge in [0.15, 0.2) is 0 Å². The predicted molar refractivity (Wildman–Crippen MR) is 118 cm³/mol. The first-order valence-electron chi connectivity index (χ1n) is 11.2. The molecule has 0 bridgehead atoms. The summed E-state index contributed by atoms with van der Waals surface area (Å²) in [6, 6.07) is 0.887. The molecule has 3 fully saturated rings. The van der Waals surface area contributed by atoms with E-state index in [0.29, 0.717) is 13.0 Å². The van der Waals surface area contributed by atoms with E-state index in [0.717, 1.165) is 12.8 Å². The third-order valence-electron chi connectivity index (χ3n) is 6.13. The van der Waals surface area contributed by atoms with E-state index in [9.17, 15) is 22.8 Å². The van der Waals surface area contributed by atoms with Crippen molar-refractivity contribution in [1.82, 2.24) is 30.1 Å². The Kier molecular flexibility index (Phi) is 6.57. The van der Waals surface area contributed by atoms with Gasteiger partial charge in [-0.25, -0.2) is 13.2 Å². The third-order valence-corrected chi connectivity index (χ3v) is 7.99. The average Bonchev–Trinajstić information content (AvgIpc) is 3.53. The number of carbonyl (C=O) groups is 3. The number of carbonyl (C=O) groups excluding carboxylic acids is 3. The Morgan fingerprint density at radius 2 is 2.00 bits per heavy atom. The lowest BCUT2D eigenvalue weighted by Crippen LogP contribution is -2.63. The van der Waals surface area contributed by atoms with E-state index >= 15 is 0 Å². The van der Waals surface area contributed by atoms with Crippen LogP contribution >= 0.6 is 0 Å². The second kappa shape index (κ2) is 9.26. The van der Waals surface area contributed by atoms with E-state index < -0.39 is 16.1 Å². The van der Waals surface area contributed by atoms with E-state index in [1.54, 1.807) is 4.90 Å². The van der Waals surface area contributed by atoms with Crippen molar-refractivity contribution in [3.63, 3.8) is 0 Å². The van der Waals surface area contributed by atoms with Crippen molar-refractivity contribution in [3.05, 3.63) is 24.5 Å². The van der Waals surface area contributed by atoms with Crippen LogP contribution in [0.4, 0.5) is 4.79 Å². The zero-order chi connectivity index (χ0) is 23.8. The fourth-order valence-electron chi connectivity index (χ4n) is 4.38. The fourth-order valence-corrected chi connectivity index (χ4v) is 5.96. The molecule has 0 spiro atoms. The number of pyridine rings is 1. The maximum Gasteiger partial charge on any atom is 0.315 e. The van der Waals surface area contributed by atoms with Gasteiger partial charge in [0, 0.05) is 50.0 Å². The van der Waals surface area contributed by atoms with Crippen molar-refractivity contribution < 1.29 is 22.8 Å². The van der Waals surface area contributed by atoms with Crippen molar-refractivity contribution in [2.45, 2.75) is 62.2 Å². The molecule has 0 aromatic carbocycles. The van der Waals surface area contributed by atoms with E-state index in [4.69, 9.17) is 0 Å². The van der Waals surface area contributed by atoms with Gasteiger partial charge in [0.1, 0.15) is 10.9 Å². The van der Waals surface area contributed by atoms with Gasteiger partial charge in [0.2, 0.25) is 21.8 Å². The maximum atomic E-state index is 13.4. The van der Waals surface area contributed by atoms with Gasteiger partial charge < -0.3 is 20.9 Å². The van der Waals surface area contributed by atoms with Crippen molar-refractivity contribution in [3.8, 4) is 0 Å². The molecule has 3 N–H and O–H groups in total. The highest BCUT2D eigenvalue weighted by atomic mass is 32.2. The van der Waals surface area contributed by atoms with Crippen LogP contribution < -0.4 is 16.0 Å². The van der Waals surface area contributed by atoms with Crippen LogP contribution in [0.1, 0.15) is 33.1 Å². The van der Waals surface area contributed by atoms with Gasteiger partial charge in [0.25, 0.3) is 0 Å². The highest BCUT2D eigenvalue weighted by Gasteiger charge is 2.50. The highest BCUT2D eigenvalue weighted by molar-refractivity contribution is 7.89. The summed E-state index contributed by atoms with van der Waals surface area (Å²) >= 11 is 0. The number of piperazine rings is 1. The largest absolute Gasteiger partial charge is 0.354 e. The highest BCUT2D eigenvalue weighted by Crippen LogP contribution is 2.31. The molecule has 33 heavy (non-hydrogen) atoms. The van der Waals surface area contributed by atoms with Crippen LogP contribution in [0, 0.1) is 5.92 Å². The van der Waals surface area contributed by atoms with Crippen molar-refractivity contribution in [2.75, 3.05) is 19.6 Å². The zero-order valence-electron chi connectivity index (χ0n) is 18.7. The standard InChI is InChI=1S/C21H30N6O5S/c1-13(2)24-21(30)25-15-8-16-12-27(33(31,32)17-4-3-7-22-9-17)18(20(29)26(16)11-15)10-23-19(28)14-5-6-14/h3-4,7,9,13-16,18H,5-6,8,10-12H2,1-2H3,(H,23,28)(H2,24,25,30)/t15-,16-,18-/m0/s1. The molecule has 3 aliphatic rings. The number of nitrogens with zero attached hydrogens (tertiary/aromatic N) is 3. The molecule has 4 rings (SSSR count). The van der Waals surface area contributed by atoms with Crippen LogP contribution in [0.25, 0.3) is 0 Å². The number of sulfonamides is 1. The lowest BCUT2D eigenvalue weighted by atomic mass is 10.1. The Bertz CT molecular complexity index is 1010. The predicted octanol–water partition coefficient (Wildman–Crippen LogP) is -0.342. The molecule has 1 aromatic rings. The number of fused-ring (bicyclic) bond motifs is 1. The number of amides is 4. The normalized spacial score (nSPS) is 25.6. The molecule has 12 heteroatoms. The van der Waals surface area contributed by atoms with E-state index in [2.05, 4.69) is 20.9 Å². The van der Waals surface area contributed by atoms with Gasteiger partial charge in [-0.15, -0.1) is 0 Å². The maximum absolute atomic E-state index is 13.4. The summed E-state index contributed by atoms with van der Waals surface area (Å²) < 4.78 is 28.0. The van der Waals surface area contributed by atoms with Crippen LogP contribution in [-0.4, -0.2) is 84.3 Å². The van der Waals surface area contributed by atoms with Crippen LogP contribution in [0.5, 0.6) is 0 Å². The third kappa shape index (κ3) is 5.11. The number of rotatable bonds is 7. The molecule has 11 nitrogen and oxygen atoms in total. The summed E-state index contributed by atoms with van der Waals surface area (Å²) in [6.45, 7) is 3.98. The molecule has 1 aromatic heterocycles. The fraction of sp³-hybridized carbons (Fsp3) is 0.619.